The molecule has 2 aromatic heterocycles. The molecule has 0 saturated carbocycles. The summed E-state index contributed by atoms with van der Waals surface area (Å²) in [6.07, 6.45) is 1.66. The van der Waals surface area contributed by atoms with E-state index < -0.39 is 0 Å². The van der Waals surface area contributed by atoms with E-state index in [1.165, 1.54) is 0 Å². The lowest BCUT2D eigenvalue weighted by Gasteiger charge is -2.00. The summed E-state index contributed by atoms with van der Waals surface area (Å²) in [7, 11) is 0. The number of aromatic nitrogens is 2. The van der Waals surface area contributed by atoms with Crippen molar-refractivity contribution in [2.75, 3.05) is 5.73 Å². The number of rotatable bonds is 2. The van der Waals surface area contributed by atoms with Crippen LogP contribution in [0.4, 0.5) is 5.82 Å². The number of furan rings is 1. The van der Waals surface area contributed by atoms with Gasteiger partial charge in [0.1, 0.15) is 18.1 Å². The number of anilines is 1. The van der Waals surface area contributed by atoms with Gasteiger partial charge in [0.05, 0.1) is 10.7 Å². The van der Waals surface area contributed by atoms with Crippen molar-refractivity contribution in [2.45, 2.75) is 6.54 Å². The molecule has 2 aromatic rings. The molecule has 0 unspecified atom stereocenters. The molecular formula is C8H7Br2N3O. The van der Waals surface area contributed by atoms with Gasteiger partial charge in [0.25, 0.3) is 0 Å². The Balaban J connectivity index is 2.22. The van der Waals surface area contributed by atoms with Crippen LogP contribution in [0.5, 0.6) is 0 Å². The molecule has 0 aliphatic heterocycles. The Kier molecular flexibility index (Phi) is 2.64. The van der Waals surface area contributed by atoms with Crippen LogP contribution in [0, 0.1) is 0 Å². The molecule has 0 saturated heterocycles. The van der Waals surface area contributed by atoms with Crippen LogP contribution in [-0.2, 0) is 6.54 Å². The van der Waals surface area contributed by atoms with Crippen molar-refractivity contribution >= 4 is 37.7 Å². The second-order valence-corrected chi connectivity index (χ2v) is 4.38. The molecule has 14 heavy (non-hydrogen) atoms. The zero-order valence-corrected chi connectivity index (χ0v) is 10.2. The zero-order chi connectivity index (χ0) is 10.1. The lowest BCUT2D eigenvalue weighted by molar-refractivity contribution is 0.464. The zero-order valence-electron chi connectivity index (χ0n) is 7.08. The monoisotopic (exact) mass is 319 g/mol. The van der Waals surface area contributed by atoms with Crippen molar-refractivity contribution in [3.8, 4) is 0 Å². The van der Waals surface area contributed by atoms with Gasteiger partial charge < -0.3 is 10.2 Å². The second-order valence-electron chi connectivity index (χ2n) is 2.74. The lowest BCUT2D eigenvalue weighted by atomic mass is 10.4. The predicted octanol–water partition coefficient (Wildman–Crippen LogP) is 2.63. The van der Waals surface area contributed by atoms with Gasteiger partial charge in [-0.25, -0.2) is 4.68 Å². The quantitative estimate of drug-likeness (QED) is 0.925. The maximum atomic E-state index is 5.76. The van der Waals surface area contributed by atoms with Crippen LogP contribution in [0.3, 0.4) is 0 Å². The average Bonchev–Trinajstić information content (AvgIpc) is 2.67. The van der Waals surface area contributed by atoms with Gasteiger partial charge >= 0.3 is 0 Å². The molecule has 0 aromatic carbocycles. The van der Waals surface area contributed by atoms with Gasteiger partial charge in [-0.15, -0.1) is 0 Å². The molecule has 0 aliphatic carbocycles. The minimum absolute atomic E-state index is 0.531. The molecule has 2 rings (SSSR count). The van der Waals surface area contributed by atoms with Crippen LogP contribution in [-0.4, -0.2) is 9.78 Å². The van der Waals surface area contributed by atoms with Gasteiger partial charge in [-0.1, -0.05) is 0 Å². The number of nitrogens with two attached hydrogens (primary N) is 1. The Morgan fingerprint density at radius 1 is 1.43 bits per heavy atom. The number of halogens is 2. The van der Waals surface area contributed by atoms with Crippen molar-refractivity contribution in [1.82, 2.24) is 9.78 Å². The first-order valence-corrected chi connectivity index (χ1v) is 5.46. The molecule has 2 heterocycles. The van der Waals surface area contributed by atoms with Crippen LogP contribution >= 0.6 is 31.9 Å². The van der Waals surface area contributed by atoms with Gasteiger partial charge in [0.15, 0.2) is 4.67 Å². The van der Waals surface area contributed by atoms with Gasteiger partial charge in [-0.05, 0) is 44.0 Å². The van der Waals surface area contributed by atoms with E-state index in [1.54, 1.807) is 10.9 Å². The molecule has 0 fully saturated rings. The number of nitrogen functional groups attached to an aromatic ring is 1. The molecular weight excluding hydrogens is 314 g/mol. The summed E-state index contributed by atoms with van der Waals surface area (Å²) >= 11 is 6.52. The maximum Gasteiger partial charge on any atom is 0.169 e. The average molecular weight is 321 g/mol. The third-order valence-corrected chi connectivity index (χ3v) is 2.80. The third kappa shape index (κ3) is 1.85. The summed E-state index contributed by atoms with van der Waals surface area (Å²) in [6.45, 7) is 0.531. The van der Waals surface area contributed by atoms with E-state index in [4.69, 9.17) is 10.2 Å². The number of hydrogen-bond donors (Lipinski definition) is 1. The van der Waals surface area contributed by atoms with Gasteiger partial charge in [0, 0.05) is 0 Å². The molecule has 0 spiro atoms. The minimum Gasteiger partial charge on any atom is -0.452 e. The lowest BCUT2D eigenvalue weighted by Crippen LogP contribution is -2.04. The highest BCUT2D eigenvalue weighted by Gasteiger charge is 2.07. The summed E-state index contributed by atoms with van der Waals surface area (Å²) in [5.74, 6) is 1.40. The molecule has 2 N–H and O–H groups in total. The van der Waals surface area contributed by atoms with E-state index in [1.807, 2.05) is 12.1 Å². The van der Waals surface area contributed by atoms with E-state index in [2.05, 4.69) is 37.0 Å². The van der Waals surface area contributed by atoms with Crippen molar-refractivity contribution in [1.29, 1.82) is 0 Å². The van der Waals surface area contributed by atoms with E-state index in [9.17, 15) is 0 Å². The summed E-state index contributed by atoms with van der Waals surface area (Å²) in [5.41, 5.74) is 5.76. The third-order valence-electron chi connectivity index (χ3n) is 1.77. The maximum absolute atomic E-state index is 5.76. The van der Waals surface area contributed by atoms with Crippen molar-refractivity contribution in [2.24, 2.45) is 0 Å². The van der Waals surface area contributed by atoms with E-state index >= 15 is 0 Å². The highest BCUT2D eigenvalue weighted by atomic mass is 79.9. The molecule has 0 radical (unpaired) electrons. The fraction of sp³-hybridized carbons (Fsp3) is 0.125. The number of hydrogen-bond acceptors (Lipinski definition) is 3. The van der Waals surface area contributed by atoms with E-state index in [0.717, 1.165) is 10.2 Å². The minimum atomic E-state index is 0.531. The second kappa shape index (κ2) is 3.78. The molecule has 74 valence electrons. The SMILES string of the molecule is Nc1c(Br)cnn1Cc1ccc(Br)o1. The Morgan fingerprint density at radius 2 is 2.21 bits per heavy atom. The standard InChI is InChI=1S/C8H7Br2N3O/c9-6-3-12-13(8(6)11)4-5-1-2-7(10)14-5/h1-3H,4,11H2. The first-order chi connectivity index (χ1) is 6.66. The Morgan fingerprint density at radius 3 is 2.71 bits per heavy atom. The summed E-state index contributed by atoms with van der Waals surface area (Å²) in [4.78, 5) is 0. The normalized spacial score (nSPS) is 10.7. The first kappa shape index (κ1) is 9.79. The van der Waals surface area contributed by atoms with Crippen LogP contribution in [0.2, 0.25) is 0 Å². The highest BCUT2D eigenvalue weighted by molar-refractivity contribution is 9.10. The molecule has 0 atom stereocenters. The molecule has 0 aliphatic rings. The molecule has 4 nitrogen and oxygen atoms in total. The fourth-order valence-electron chi connectivity index (χ4n) is 1.08. The van der Waals surface area contributed by atoms with Crippen LogP contribution in [0.15, 0.2) is 31.9 Å². The predicted molar refractivity (Wildman–Crippen MR) is 59.8 cm³/mol. The summed E-state index contributed by atoms with van der Waals surface area (Å²) < 4.78 is 8.50. The Bertz CT molecular complexity index is 449. The van der Waals surface area contributed by atoms with E-state index in [-0.39, 0.29) is 0 Å². The molecule has 6 heteroatoms. The largest absolute Gasteiger partial charge is 0.452 e. The van der Waals surface area contributed by atoms with Crippen molar-refractivity contribution < 1.29 is 4.42 Å². The van der Waals surface area contributed by atoms with Gasteiger partial charge in [0.2, 0.25) is 0 Å². The number of nitrogens with zero attached hydrogens (tertiary/aromatic N) is 2. The topological polar surface area (TPSA) is 57.0 Å². The smallest absolute Gasteiger partial charge is 0.169 e. The van der Waals surface area contributed by atoms with Crippen molar-refractivity contribution in [3.05, 3.63) is 33.2 Å². The molecule has 0 bridgehead atoms. The Hall–Kier alpha value is -0.750. The van der Waals surface area contributed by atoms with Crippen molar-refractivity contribution in [3.63, 3.8) is 0 Å². The highest BCUT2D eigenvalue weighted by Crippen LogP contribution is 2.20. The van der Waals surface area contributed by atoms with Gasteiger partial charge in [-0.2, -0.15) is 5.10 Å². The van der Waals surface area contributed by atoms with Gasteiger partial charge in [-0.3, -0.25) is 0 Å². The molecule has 0 amide bonds. The summed E-state index contributed by atoms with van der Waals surface area (Å²) in [5, 5.41) is 4.09. The van der Waals surface area contributed by atoms with Crippen LogP contribution in [0.1, 0.15) is 5.76 Å². The van der Waals surface area contributed by atoms with E-state index in [0.29, 0.717) is 17.0 Å². The Labute approximate surface area is 97.3 Å². The fourth-order valence-corrected chi connectivity index (χ4v) is 1.72. The first-order valence-electron chi connectivity index (χ1n) is 3.88. The summed E-state index contributed by atoms with van der Waals surface area (Å²) in [6, 6.07) is 3.71. The van der Waals surface area contributed by atoms with Crippen LogP contribution in [0.25, 0.3) is 0 Å². The van der Waals surface area contributed by atoms with Crippen LogP contribution < -0.4 is 5.73 Å².